The normalized spacial score (nSPS) is 9.67. The zero-order chi connectivity index (χ0) is 15.8. The molecular weight excluding hydrogens is 274 g/mol. The molecule has 0 atom stereocenters. The Hall–Kier alpha value is -2.81. The van der Waals surface area contributed by atoms with Crippen molar-refractivity contribution in [2.24, 2.45) is 0 Å². The van der Waals surface area contributed by atoms with E-state index in [0.29, 0.717) is 12.8 Å². The van der Waals surface area contributed by atoms with Gasteiger partial charge in [-0.15, -0.1) is 12.3 Å². The van der Waals surface area contributed by atoms with Crippen LogP contribution in [0.2, 0.25) is 0 Å². The van der Waals surface area contributed by atoms with Crippen LogP contribution in [0, 0.1) is 12.3 Å². The van der Waals surface area contributed by atoms with Gasteiger partial charge in [-0.3, -0.25) is 4.79 Å². The Bertz CT molecular complexity index is 568. The topological polar surface area (TPSA) is 104 Å². The maximum atomic E-state index is 11.7. The van der Waals surface area contributed by atoms with Crippen LogP contribution in [0.4, 0.5) is 5.69 Å². The van der Waals surface area contributed by atoms with E-state index in [-0.39, 0.29) is 29.1 Å². The first-order chi connectivity index (χ1) is 9.93. The molecule has 0 saturated heterocycles. The van der Waals surface area contributed by atoms with E-state index in [2.05, 4.69) is 11.2 Å². The lowest BCUT2D eigenvalue weighted by atomic mass is 10.1. The van der Waals surface area contributed by atoms with Crippen LogP contribution in [0.25, 0.3) is 0 Å². The summed E-state index contributed by atoms with van der Waals surface area (Å²) >= 11 is 0. The molecule has 0 radical (unpaired) electrons. The molecule has 1 aromatic rings. The maximum absolute atomic E-state index is 11.7. The van der Waals surface area contributed by atoms with E-state index in [1.54, 1.807) is 0 Å². The Balaban J connectivity index is 2.78. The van der Waals surface area contributed by atoms with E-state index in [1.807, 2.05) is 0 Å². The Morgan fingerprint density at radius 3 is 2.10 bits per heavy atom. The molecule has 1 amide bonds. The van der Waals surface area contributed by atoms with Crippen molar-refractivity contribution in [3.63, 3.8) is 0 Å². The summed E-state index contributed by atoms with van der Waals surface area (Å²) < 4.78 is 0. The van der Waals surface area contributed by atoms with Gasteiger partial charge in [0.2, 0.25) is 5.91 Å². The number of carbonyl (C=O) groups is 3. The Labute approximate surface area is 121 Å². The number of unbranched alkanes of at least 4 members (excludes halogenated alkanes) is 2. The number of aromatic carboxylic acids is 2. The number of rotatable bonds is 7. The van der Waals surface area contributed by atoms with Gasteiger partial charge in [-0.25, -0.2) is 9.59 Å². The molecule has 0 bridgehead atoms. The molecule has 1 rings (SSSR count). The van der Waals surface area contributed by atoms with Crippen LogP contribution in [-0.2, 0) is 4.79 Å². The summed E-state index contributed by atoms with van der Waals surface area (Å²) in [5.74, 6) is -0.368. The van der Waals surface area contributed by atoms with Gasteiger partial charge in [0.05, 0.1) is 11.1 Å². The summed E-state index contributed by atoms with van der Waals surface area (Å²) in [6.07, 6.45) is 7.26. The first kappa shape index (κ1) is 16.2. The van der Waals surface area contributed by atoms with Gasteiger partial charge in [0.15, 0.2) is 0 Å². The molecule has 0 aromatic heterocycles. The summed E-state index contributed by atoms with van der Waals surface area (Å²) in [7, 11) is 0. The number of hydrogen-bond donors (Lipinski definition) is 3. The number of amides is 1. The van der Waals surface area contributed by atoms with Crippen molar-refractivity contribution < 1.29 is 24.6 Å². The van der Waals surface area contributed by atoms with Crippen LogP contribution >= 0.6 is 0 Å². The van der Waals surface area contributed by atoms with Crippen LogP contribution in [0.15, 0.2) is 18.2 Å². The van der Waals surface area contributed by atoms with E-state index in [1.165, 1.54) is 12.1 Å². The lowest BCUT2D eigenvalue weighted by molar-refractivity contribution is -0.116. The lowest BCUT2D eigenvalue weighted by Gasteiger charge is -2.07. The smallest absolute Gasteiger partial charge is 0.335 e. The number of anilines is 1. The van der Waals surface area contributed by atoms with Gasteiger partial charge < -0.3 is 15.5 Å². The highest BCUT2D eigenvalue weighted by Crippen LogP contribution is 2.16. The second kappa shape index (κ2) is 7.70. The van der Waals surface area contributed by atoms with Crippen molar-refractivity contribution in [1.82, 2.24) is 0 Å². The average Bonchev–Trinajstić information content (AvgIpc) is 2.43. The van der Waals surface area contributed by atoms with Crippen molar-refractivity contribution in [2.75, 3.05) is 5.32 Å². The van der Waals surface area contributed by atoms with Crippen LogP contribution in [0.3, 0.4) is 0 Å². The monoisotopic (exact) mass is 289 g/mol. The van der Waals surface area contributed by atoms with Crippen molar-refractivity contribution >= 4 is 23.5 Å². The molecule has 0 saturated carbocycles. The Morgan fingerprint density at radius 1 is 1.05 bits per heavy atom. The third-order valence-electron chi connectivity index (χ3n) is 2.69. The number of carbonyl (C=O) groups excluding carboxylic acids is 1. The van der Waals surface area contributed by atoms with Gasteiger partial charge in [0, 0.05) is 18.5 Å². The zero-order valence-corrected chi connectivity index (χ0v) is 11.3. The van der Waals surface area contributed by atoms with Gasteiger partial charge in [0.25, 0.3) is 0 Å². The molecule has 0 aliphatic rings. The largest absolute Gasteiger partial charge is 0.478 e. The minimum Gasteiger partial charge on any atom is -0.478 e. The lowest BCUT2D eigenvalue weighted by Crippen LogP contribution is -2.13. The van der Waals surface area contributed by atoms with Crippen LogP contribution in [0.5, 0.6) is 0 Å². The minimum atomic E-state index is -1.26. The van der Waals surface area contributed by atoms with Crippen molar-refractivity contribution in [1.29, 1.82) is 0 Å². The Morgan fingerprint density at radius 2 is 1.62 bits per heavy atom. The second-order valence-electron chi connectivity index (χ2n) is 4.37. The molecule has 6 heteroatoms. The van der Waals surface area contributed by atoms with Crippen LogP contribution < -0.4 is 5.32 Å². The van der Waals surface area contributed by atoms with Crippen molar-refractivity contribution in [2.45, 2.75) is 25.7 Å². The molecule has 0 aliphatic heterocycles. The summed E-state index contributed by atoms with van der Waals surface area (Å²) in [4.78, 5) is 33.5. The molecule has 6 nitrogen and oxygen atoms in total. The summed E-state index contributed by atoms with van der Waals surface area (Å²) in [5.41, 5.74) is -0.246. The molecular formula is C15H15NO5. The molecule has 110 valence electrons. The average molecular weight is 289 g/mol. The number of hydrogen-bond acceptors (Lipinski definition) is 3. The summed E-state index contributed by atoms with van der Waals surface area (Å²) in [6, 6.07) is 3.47. The van der Waals surface area contributed by atoms with Gasteiger partial charge in [-0.2, -0.15) is 0 Å². The fourth-order valence-corrected chi connectivity index (χ4v) is 1.68. The Kier molecular flexibility index (Phi) is 5.96. The molecule has 21 heavy (non-hydrogen) atoms. The molecule has 0 heterocycles. The third-order valence-corrected chi connectivity index (χ3v) is 2.69. The van der Waals surface area contributed by atoms with Gasteiger partial charge in [-0.1, -0.05) is 0 Å². The van der Waals surface area contributed by atoms with Gasteiger partial charge in [0.1, 0.15) is 0 Å². The van der Waals surface area contributed by atoms with Gasteiger partial charge in [-0.05, 0) is 31.0 Å². The first-order valence-corrected chi connectivity index (χ1v) is 6.29. The number of carboxylic acid groups (broad SMARTS) is 2. The minimum absolute atomic E-state index is 0.147. The highest BCUT2D eigenvalue weighted by molar-refractivity contribution is 5.98. The second-order valence-corrected chi connectivity index (χ2v) is 4.37. The van der Waals surface area contributed by atoms with E-state index < -0.39 is 11.9 Å². The standard InChI is InChI=1S/C15H15NO5/c1-2-3-4-5-6-13(17)16-12-8-10(14(18)19)7-11(9-12)15(20)21/h1,7-9H,3-6H2,(H,16,17)(H,18,19)(H,20,21). The molecule has 0 spiro atoms. The summed E-state index contributed by atoms with van der Waals surface area (Å²) in [6.45, 7) is 0. The SMILES string of the molecule is C#CCCCCC(=O)Nc1cc(C(=O)O)cc(C(=O)O)c1. The zero-order valence-electron chi connectivity index (χ0n) is 11.3. The van der Waals surface area contributed by atoms with Gasteiger partial charge >= 0.3 is 11.9 Å². The van der Waals surface area contributed by atoms with E-state index in [9.17, 15) is 14.4 Å². The highest BCUT2D eigenvalue weighted by atomic mass is 16.4. The maximum Gasteiger partial charge on any atom is 0.335 e. The third kappa shape index (κ3) is 5.37. The molecule has 1 aromatic carbocycles. The number of nitrogens with one attached hydrogen (secondary N) is 1. The molecule has 0 fully saturated rings. The number of terminal acetylenes is 1. The predicted molar refractivity (Wildman–Crippen MR) is 76.3 cm³/mol. The number of carboxylic acids is 2. The van der Waals surface area contributed by atoms with E-state index >= 15 is 0 Å². The molecule has 0 unspecified atom stereocenters. The van der Waals surface area contributed by atoms with E-state index in [0.717, 1.165) is 12.5 Å². The van der Waals surface area contributed by atoms with Crippen molar-refractivity contribution in [3.05, 3.63) is 29.3 Å². The number of benzene rings is 1. The fraction of sp³-hybridized carbons (Fsp3) is 0.267. The van der Waals surface area contributed by atoms with E-state index in [4.69, 9.17) is 16.6 Å². The summed E-state index contributed by atoms with van der Waals surface area (Å²) in [5, 5.41) is 20.3. The quantitative estimate of drug-likeness (QED) is 0.527. The first-order valence-electron chi connectivity index (χ1n) is 6.29. The highest BCUT2D eigenvalue weighted by Gasteiger charge is 2.12. The fourth-order valence-electron chi connectivity index (χ4n) is 1.68. The van der Waals surface area contributed by atoms with Crippen LogP contribution in [0.1, 0.15) is 46.4 Å². The van der Waals surface area contributed by atoms with Crippen molar-refractivity contribution in [3.8, 4) is 12.3 Å². The molecule has 0 aliphatic carbocycles. The van der Waals surface area contributed by atoms with Crippen LogP contribution in [-0.4, -0.2) is 28.1 Å². The predicted octanol–water partition coefficient (Wildman–Crippen LogP) is 2.22. The molecule has 3 N–H and O–H groups in total.